The number of amides is 2. The molecule has 100 valence electrons. The molecule has 0 spiro atoms. The SMILES string of the molecule is CCC(C)(C)NC1CCN(C(=O)N(C)C)CC1. The van der Waals surface area contributed by atoms with E-state index in [4.69, 9.17) is 0 Å². The molecule has 1 N–H and O–H groups in total. The molecule has 0 bridgehead atoms. The molecule has 4 nitrogen and oxygen atoms in total. The van der Waals surface area contributed by atoms with E-state index in [9.17, 15) is 4.79 Å². The molecular formula is C13H27N3O. The van der Waals surface area contributed by atoms with Gasteiger partial charge >= 0.3 is 6.03 Å². The second-order valence-electron chi connectivity index (χ2n) is 5.82. The third-order valence-electron chi connectivity index (χ3n) is 3.63. The molecule has 0 unspecified atom stereocenters. The molecular weight excluding hydrogens is 214 g/mol. The summed E-state index contributed by atoms with van der Waals surface area (Å²) >= 11 is 0. The summed E-state index contributed by atoms with van der Waals surface area (Å²) in [5.41, 5.74) is 0.207. The standard InChI is InChI=1S/C13H27N3O/c1-6-13(2,3)14-11-7-9-16(10-8-11)12(17)15(4)5/h11,14H,6-10H2,1-5H3. The van der Waals surface area contributed by atoms with Crippen molar-refractivity contribution in [2.24, 2.45) is 0 Å². The summed E-state index contributed by atoms with van der Waals surface area (Å²) in [6, 6.07) is 0.689. The van der Waals surface area contributed by atoms with Crippen LogP contribution in [0.15, 0.2) is 0 Å². The summed E-state index contributed by atoms with van der Waals surface area (Å²) in [4.78, 5) is 15.4. The van der Waals surface area contributed by atoms with Gasteiger partial charge in [0.25, 0.3) is 0 Å². The molecule has 0 aromatic carbocycles. The van der Waals surface area contributed by atoms with E-state index < -0.39 is 0 Å². The van der Waals surface area contributed by atoms with Crippen molar-refractivity contribution in [1.29, 1.82) is 0 Å². The maximum absolute atomic E-state index is 11.8. The van der Waals surface area contributed by atoms with Crippen molar-refractivity contribution in [3.63, 3.8) is 0 Å². The van der Waals surface area contributed by atoms with Crippen molar-refractivity contribution < 1.29 is 4.79 Å². The van der Waals surface area contributed by atoms with Crippen molar-refractivity contribution in [2.75, 3.05) is 27.2 Å². The zero-order valence-electron chi connectivity index (χ0n) is 11.9. The number of rotatable bonds is 3. The van der Waals surface area contributed by atoms with E-state index in [0.29, 0.717) is 6.04 Å². The van der Waals surface area contributed by atoms with Gasteiger partial charge in [-0.2, -0.15) is 0 Å². The fourth-order valence-corrected chi connectivity index (χ4v) is 2.15. The van der Waals surface area contributed by atoms with E-state index in [1.165, 1.54) is 0 Å². The van der Waals surface area contributed by atoms with Crippen molar-refractivity contribution in [2.45, 2.75) is 51.6 Å². The van der Waals surface area contributed by atoms with Crippen LogP contribution in [0.2, 0.25) is 0 Å². The van der Waals surface area contributed by atoms with E-state index in [2.05, 4.69) is 26.1 Å². The molecule has 17 heavy (non-hydrogen) atoms. The highest BCUT2D eigenvalue weighted by atomic mass is 16.2. The van der Waals surface area contributed by atoms with Crippen LogP contribution in [0, 0.1) is 0 Å². The van der Waals surface area contributed by atoms with Gasteiger partial charge in [-0.3, -0.25) is 0 Å². The van der Waals surface area contributed by atoms with Crippen LogP contribution in [0.4, 0.5) is 4.79 Å². The molecule has 1 saturated heterocycles. The summed E-state index contributed by atoms with van der Waals surface area (Å²) in [6.07, 6.45) is 3.25. The molecule has 0 aliphatic carbocycles. The molecule has 4 heteroatoms. The van der Waals surface area contributed by atoms with Gasteiger partial charge in [0.2, 0.25) is 0 Å². The molecule has 0 aromatic rings. The average Bonchev–Trinajstić information content (AvgIpc) is 2.28. The maximum Gasteiger partial charge on any atom is 0.319 e. The second kappa shape index (κ2) is 5.71. The van der Waals surface area contributed by atoms with Crippen LogP contribution in [-0.4, -0.2) is 54.6 Å². The topological polar surface area (TPSA) is 35.6 Å². The van der Waals surface area contributed by atoms with Gasteiger partial charge in [0.1, 0.15) is 0 Å². The quantitative estimate of drug-likeness (QED) is 0.819. The van der Waals surface area contributed by atoms with E-state index in [1.54, 1.807) is 4.90 Å². The van der Waals surface area contributed by atoms with Crippen LogP contribution in [0.5, 0.6) is 0 Å². The number of piperidine rings is 1. The molecule has 1 heterocycles. The Morgan fingerprint density at radius 1 is 1.35 bits per heavy atom. The van der Waals surface area contributed by atoms with Crippen LogP contribution in [0.25, 0.3) is 0 Å². The zero-order chi connectivity index (χ0) is 13.1. The first kappa shape index (κ1) is 14.3. The lowest BCUT2D eigenvalue weighted by Crippen LogP contribution is -2.52. The van der Waals surface area contributed by atoms with Gasteiger partial charge in [-0.25, -0.2) is 4.79 Å². The molecule has 1 rings (SSSR count). The van der Waals surface area contributed by atoms with Gasteiger partial charge in [0.05, 0.1) is 0 Å². The van der Waals surface area contributed by atoms with E-state index in [-0.39, 0.29) is 11.6 Å². The Labute approximate surface area is 105 Å². The third-order valence-corrected chi connectivity index (χ3v) is 3.63. The highest BCUT2D eigenvalue weighted by molar-refractivity contribution is 5.73. The van der Waals surface area contributed by atoms with Crippen LogP contribution >= 0.6 is 0 Å². The lowest BCUT2D eigenvalue weighted by Gasteiger charge is -2.38. The lowest BCUT2D eigenvalue weighted by molar-refractivity contribution is 0.146. The Bertz CT molecular complexity index is 255. The van der Waals surface area contributed by atoms with Gasteiger partial charge in [-0.1, -0.05) is 6.92 Å². The monoisotopic (exact) mass is 241 g/mol. The molecule has 1 aliphatic rings. The van der Waals surface area contributed by atoms with E-state index >= 15 is 0 Å². The average molecular weight is 241 g/mol. The van der Waals surface area contributed by atoms with E-state index in [1.807, 2.05) is 19.0 Å². The van der Waals surface area contributed by atoms with Crippen molar-refractivity contribution in [3.05, 3.63) is 0 Å². The Hall–Kier alpha value is -0.770. The minimum Gasteiger partial charge on any atom is -0.331 e. The lowest BCUT2D eigenvalue weighted by atomic mass is 9.96. The summed E-state index contributed by atoms with van der Waals surface area (Å²) in [5, 5.41) is 3.68. The number of likely N-dealkylation sites (tertiary alicyclic amines) is 1. The van der Waals surface area contributed by atoms with Gasteiger partial charge in [0, 0.05) is 38.8 Å². The first-order valence-electron chi connectivity index (χ1n) is 6.59. The van der Waals surface area contributed by atoms with Crippen LogP contribution < -0.4 is 5.32 Å². The Kier molecular flexibility index (Phi) is 4.80. The van der Waals surface area contributed by atoms with Gasteiger partial charge in [0.15, 0.2) is 0 Å². The number of hydrogen-bond acceptors (Lipinski definition) is 2. The Morgan fingerprint density at radius 3 is 2.29 bits per heavy atom. The van der Waals surface area contributed by atoms with Gasteiger partial charge < -0.3 is 15.1 Å². The third kappa shape index (κ3) is 4.19. The predicted molar refractivity (Wildman–Crippen MR) is 71.2 cm³/mol. The number of urea groups is 1. The minimum atomic E-state index is 0.137. The summed E-state index contributed by atoms with van der Waals surface area (Å²) in [6.45, 7) is 8.43. The number of nitrogens with zero attached hydrogens (tertiary/aromatic N) is 2. The zero-order valence-corrected chi connectivity index (χ0v) is 11.9. The first-order valence-corrected chi connectivity index (χ1v) is 6.59. The van der Waals surface area contributed by atoms with Crippen LogP contribution in [0.1, 0.15) is 40.0 Å². The molecule has 1 aliphatic heterocycles. The summed E-state index contributed by atoms with van der Waals surface area (Å²) in [7, 11) is 3.62. The van der Waals surface area contributed by atoms with Gasteiger partial charge in [-0.15, -0.1) is 0 Å². The van der Waals surface area contributed by atoms with Crippen molar-refractivity contribution >= 4 is 6.03 Å². The normalized spacial score (nSPS) is 18.3. The number of carbonyl (C=O) groups is 1. The first-order chi connectivity index (χ1) is 7.85. The number of nitrogens with one attached hydrogen (secondary N) is 1. The van der Waals surface area contributed by atoms with Crippen LogP contribution in [-0.2, 0) is 0 Å². The van der Waals surface area contributed by atoms with Crippen molar-refractivity contribution in [3.8, 4) is 0 Å². The molecule has 0 atom stereocenters. The van der Waals surface area contributed by atoms with Crippen molar-refractivity contribution in [1.82, 2.24) is 15.1 Å². The fraction of sp³-hybridized carbons (Fsp3) is 0.923. The highest BCUT2D eigenvalue weighted by Crippen LogP contribution is 2.16. The second-order valence-corrected chi connectivity index (χ2v) is 5.82. The Balaban J connectivity index is 2.38. The minimum absolute atomic E-state index is 0.137. The number of carbonyl (C=O) groups excluding carboxylic acids is 1. The molecule has 1 fully saturated rings. The maximum atomic E-state index is 11.8. The molecule has 0 saturated carbocycles. The van der Waals surface area contributed by atoms with Crippen LogP contribution in [0.3, 0.4) is 0 Å². The van der Waals surface area contributed by atoms with Gasteiger partial charge in [-0.05, 0) is 33.1 Å². The summed E-state index contributed by atoms with van der Waals surface area (Å²) < 4.78 is 0. The smallest absolute Gasteiger partial charge is 0.319 e. The summed E-state index contributed by atoms with van der Waals surface area (Å²) in [5.74, 6) is 0. The fourth-order valence-electron chi connectivity index (χ4n) is 2.15. The highest BCUT2D eigenvalue weighted by Gasteiger charge is 2.26. The predicted octanol–water partition coefficient (Wildman–Crippen LogP) is 1.91. The largest absolute Gasteiger partial charge is 0.331 e. The molecule has 0 radical (unpaired) electrons. The molecule has 0 aromatic heterocycles. The molecule has 2 amide bonds. The van der Waals surface area contributed by atoms with E-state index in [0.717, 1.165) is 32.4 Å². The Morgan fingerprint density at radius 2 is 1.88 bits per heavy atom. The number of hydrogen-bond donors (Lipinski definition) is 1.